The van der Waals surface area contributed by atoms with E-state index in [1.54, 1.807) is 12.1 Å². The van der Waals surface area contributed by atoms with Gasteiger partial charge in [-0.1, -0.05) is 35.9 Å². The average Bonchev–Trinajstić information content (AvgIpc) is 2.76. The number of benzene rings is 2. The first-order valence-electron chi connectivity index (χ1n) is 6.45. The van der Waals surface area contributed by atoms with Crippen LogP contribution in [0.1, 0.15) is 15.9 Å². The molecule has 0 spiro atoms. The minimum absolute atomic E-state index is 0.314. The molecule has 0 saturated carbocycles. The van der Waals surface area contributed by atoms with E-state index in [4.69, 9.17) is 5.11 Å². The molecule has 0 aliphatic rings. The summed E-state index contributed by atoms with van der Waals surface area (Å²) in [5, 5.41) is 10.2. The highest BCUT2D eigenvalue weighted by Gasteiger charge is 2.11. The van der Waals surface area contributed by atoms with Crippen LogP contribution in [0.5, 0.6) is 0 Å². The molecule has 2 aromatic carbocycles. The molecular weight excluding hydrogens is 250 g/mol. The first-order valence-corrected chi connectivity index (χ1v) is 6.45. The van der Waals surface area contributed by atoms with Crippen LogP contribution < -0.4 is 0 Å². The molecule has 3 rings (SSSR count). The van der Waals surface area contributed by atoms with Crippen molar-refractivity contribution in [3.05, 3.63) is 59.8 Å². The first kappa shape index (κ1) is 12.5. The SMILES string of the molecule is Cc1ccc(-c2cn(C)c3cc(C(=O)O)ccc23)cc1. The zero-order chi connectivity index (χ0) is 14.3. The van der Waals surface area contributed by atoms with E-state index in [2.05, 4.69) is 31.2 Å². The molecule has 3 nitrogen and oxygen atoms in total. The summed E-state index contributed by atoms with van der Waals surface area (Å²) in [5.41, 5.74) is 4.74. The Labute approximate surface area is 117 Å². The van der Waals surface area contributed by atoms with Crippen LogP contribution in [0.2, 0.25) is 0 Å². The van der Waals surface area contributed by atoms with Crippen LogP contribution in [-0.2, 0) is 7.05 Å². The molecule has 0 saturated heterocycles. The van der Waals surface area contributed by atoms with Gasteiger partial charge in [0.2, 0.25) is 0 Å². The number of aromatic nitrogens is 1. The quantitative estimate of drug-likeness (QED) is 0.764. The van der Waals surface area contributed by atoms with Crippen LogP contribution in [0.25, 0.3) is 22.0 Å². The lowest BCUT2D eigenvalue weighted by atomic mass is 10.0. The molecule has 3 heteroatoms. The molecule has 3 aromatic rings. The minimum atomic E-state index is -0.898. The normalized spacial score (nSPS) is 10.9. The van der Waals surface area contributed by atoms with Gasteiger partial charge in [-0.05, 0) is 24.6 Å². The predicted molar refractivity (Wildman–Crippen MR) is 80.1 cm³/mol. The lowest BCUT2D eigenvalue weighted by molar-refractivity contribution is 0.0697. The maximum Gasteiger partial charge on any atom is 0.335 e. The largest absolute Gasteiger partial charge is 0.478 e. The first-order chi connectivity index (χ1) is 9.56. The summed E-state index contributed by atoms with van der Waals surface area (Å²) in [7, 11) is 1.94. The van der Waals surface area contributed by atoms with E-state index >= 15 is 0 Å². The van der Waals surface area contributed by atoms with Crippen molar-refractivity contribution in [1.82, 2.24) is 4.57 Å². The van der Waals surface area contributed by atoms with Gasteiger partial charge in [-0.25, -0.2) is 4.79 Å². The lowest BCUT2D eigenvalue weighted by Crippen LogP contribution is -1.96. The number of nitrogens with zero attached hydrogens (tertiary/aromatic N) is 1. The molecule has 0 radical (unpaired) electrons. The number of carbonyl (C=O) groups is 1. The van der Waals surface area contributed by atoms with Crippen molar-refractivity contribution < 1.29 is 9.90 Å². The summed E-state index contributed by atoms with van der Waals surface area (Å²) in [6.45, 7) is 2.06. The molecule has 100 valence electrons. The van der Waals surface area contributed by atoms with E-state index < -0.39 is 5.97 Å². The second kappa shape index (κ2) is 4.53. The second-order valence-electron chi connectivity index (χ2n) is 5.06. The van der Waals surface area contributed by atoms with Gasteiger partial charge in [0.15, 0.2) is 0 Å². The number of aryl methyl sites for hydroxylation is 2. The Morgan fingerprint density at radius 2 is 1.80 bits per heavy atom. The Morgan fingerprint density at radius 1 is 1.10 bits per heavy atom. The van der Waals surface area contributed by atoms with Gasteiger partial charge >= 0.3 is 5.97 Å². The Hall–Kier alpha value is -2.55. The van der Waals surface area contributed by atoms with E-state index in [0.717, 1.165) is 22.0 Å². The Balaban J connectivity index is 2.22. The van der Waals surface area contributed by atoms with Gasteiger partial charge in [0.1, 0.15) is 0 Å². The second-order valence-corrected chi connectivity index (χ2v) is 5.06. The van der Waals surface area contributed by atoms with Gasteiger partial charge in [0.25, 0.3) is 0 Å². The van der Waals surface area contributed by atoms with Crippen molar-refractivity contribution in [2.24, 2.45) is 7.05 Å². The monoisotopic (exact) mass is 265 g/mol. The average molecular weight is 265 g/mol. The predicted octanol–water partition coefficient (Wildman–Crippen LogP) is 3.85. The van der Waals surface area contributed by atoms with Crippen LogP contribution >= 0.6 is 0 Å². The maximum absolute atomic E-state index is 11.1. The van der Waals surface area contributed by atoms with Gasteiger partial charge < -0.3 is 9.67 Å². The zero-order valence-electron chi connectivity index (χ0n) is 11.4. The number of carboxylic acid groups (broad SMARTS) is 1. The molecule has 1 aromatic heterocycles. The van der Waals surface area contributed by atoms with E-state index in [1.807, 2.05) is 23.9 Å². The van der Waals surface area contributed by atoms with Gasteiger partial charge in [-0.3, -0.25) is 0 Å². The fourth-order valence-corrected chi connectivity index (χ4v) is 2.48. The van der Waals surface area contributed by atoms with Crippen molar-refractivity contribution in [3.63, 3.8) is 0 Å². The minimum Gasteiger partial charge on any atom is -0.478 e. The molecule has 0 atom stereocenters. The summed E-state index contributed by atoms with van der Waals surface area (Å²) in [6.07, 6.45) is 2.04. The Kier molecular flexibility index (Phi) is 2.83. The van der Waals surface area contributed by atoms with Crippen LogP contribution in [-0.4, -0.2) is 15.6 Å². The summed E-state index contributed by atoms with van der Waals surface area (Å²) < 4.78 is 1.97. The molecule has 1 heterocycles. The van der Waals surface area contributed by atoms with Crippen molar-refractivity contribution in [2.45, 2.75) is 6.92 Å². The number of carboxylic acids is 1. The molecule has 0 fully saturated rings. The summed E-state index contributed by atoms with van der Waals surface area (Å²) >= 11 is 0. The molecule has 0 unspecified atom stereocenters. The van der Waals surface area contributed by atoms with E-state index in [1.165, 1.54) is 5.56 Å². The molecule has 20 heavy (non-hydrogen) atoms. The highest BCUT2D eigenvalue weighted by molar-refractivity contribution is 6.00. The molecule has 0 aliphatic carbocycles. The van der Waals surface area contributed by atoms with Crippen LogP contribution in [0.3, 0.4) is 0 Å². The molecule has 0 aliphatic heterocycles. The Bertz CT molecular complexity index is 798. The number of hydrogen-bond acceptors (Lipinski definition) is 1. The fourth-order valence-electron chi connectivity index (χ4n) is 2.48. The number of hydrogen-bond donors (Lipinski definition) is 1. The third-order valence-electron chi connectivity index (χ3n) is 3.60. The third-order valence-corrected chi connectivity index (χ3v) is 3.60. The number of fused-ring (bicyclic) bond motifs is 1. The molecule has 1 N–H and O–H groups in total. The summed E-state index contributed by atoms with van der Waals surface area (Å²) in [4.78, 5) is 11.1. The zero-order valence-corrected chi connectivity index (χ0v) is 11.4. The summed E-state index contributed by atoms with van der Waals surface area (Å²) in [6, 6.07) is 13.6. The molecule has 0 amide bonds. The van der Waals surface area contributed by atoms with Gasteiger partial charge in [0.05, 0.1) is 5.56 Å². The Morgan fingerprint density at radius 3 is 2.45 bits per heavy atom. The maximum atomic E-state index is 11.1. The van der Waals surface area contributed by atoms with Crippen molar-refractivity contribution in [3.8, 4) is 11.1 Å². The highest BCUT2D eigenvalue weighted by atomic mass is 16.4. The van der Waals surface area contributed by atoms with Crippen molar-refractivity contribution >= 4 is 16.9 Å². The topological polar surface area (TPSA) is 42.2 Å². The molecule has 0 bridgehead atoms. The summed E-state index contributed by atoms with van der Waals surface area (Å²) in [5.74, 6) is -0.898. The van der Waals surface area contributed by atoms with E-state index in [0.29, 0.717) is 5.56 Å². The number of rotatable bonds is 2. The van der Waals surface area contributed by atoms with Crippen LogP contribution in [0, 0.1) is 6.92 Å². The van der Waals surface area contributed by atoms with E-state index in [9.17, 15) is 4.79 Å². The van der Waals surface area contributed by atoms with E-state index in [-0.39, 0.29) is 0 Å². The molecular formula is C17H15NO2. The van der Waals surface area contributed by atoms with Gasteiger partial charge in [0, 0.05) is 29.7 Å². The van der Waals surface area contributed by atoms with Crippen LogP contribution in [0.4, 0.5) is 0 Å². The van der Waals surface area contributed by atoms with Gasteiger partial charge in [-0.15, -0.1) is 0 Å². The van der Waals surface area contributed by atoms with Crippen molar-refractivity contribution in [2.75, 3.05) is 0 Å². The lowest BCUT2D eigenvalue weighted by Gasteiger charge is -2.01. The van der Waals surface area contributed by atoms with Crippen LogP contribution in [0.15, 0.2) is 48.7 Å². The number of aromatic carboxylic acids is 1. The van der Waals surface area contributed by atoms with Crippen molar-refractivity contribution in [1.29, 1.82) is 0 Å². The van der Waals surface area contributed by atoms with Gasteiger partial charge in [-0.2, -0.15) is 0 Å². The standard InChI is InChI=1S/C17H15NO2/c1-11-3-5-12(6-4-11)15-10-18(2)16-9-13(17(19)20)7-8-14(15)16/h3-10H,1-2H3,(H,19,20). The highest BCUT2D eigenvalue weighted by Crippen LogP contribution is 2.30. The fraction of sp³-hybridized carbons (Fsp3) is 0.118. The smallest absolute Gasteiger partial charge is 0.335 e. The third kappa shape index (κ3) is 1.97.